The summed E-state index contributed by atoms with van der Waals surface area (Å²) in [5, 5.41) is 20.1. The van der Waals surface area contributed by atoms with Crippen molar-refractivity contribution in [3.63, 3.8) is 0 Å². The van der Waals surface area contributed by atoms with Gasteiger partial charge in [0, 0.05) is 4.70 Å². The topological polar surface area (TPSA) is 63.4 Å². The Hall–Kier alpha value is -1.62. The molecule has 0 fully saturated rings. The second kappa shape index (κ2) is 2.70. The van der Waals surface area contributed by atoms with E-state index in [9.17, 15) is 15.2 Å². The Morgan fingerprint density at radius 1 is 1.38 bits per heavy atom. The molecule has 0 saturated heterocycles. The number of benzene rings is 1. The van der Waals surface area contributed by atoms with E-state index in [-0.39, 0.29) is 10.8 Å². The van der Waals surface area contributed by atoms with E-state index in [1.165, 1.54) is 0 Å². The quantitative estimate of drug-likeness (QED) is 0.561. The normalized spacial score (nSPS) is 10.5. The Bertz CT molecular complexity index is 477. The molecule has 4 nitrogen and oxygen atoms in total. The first-order valence-corrected chi connectivity index (χ1v) is 4.36. The van der Waals surface area contributed by atoms with Gasteiger partial charge in [-0.25, -0.2) is 0 Å². The number of hydrogen-bond acceptors (Lipinski definition) is 4. The van der Waals surface area contributed by atoms with Crippen molar-refractivity contribution < 1.29 is 10.0 Å². The molecule has 0 bridgehead atoms. The predicted molar refractivity (Wildman–Crippen MR) is 50.1 cm³/mol. The molecule has 0 amide bonds. The molecular formula is C8H5NO3S. The molecule has 2 aromatic rings. The first kappa shape index (κ1) is 8.00. The highest BCUT2D eigenvalue weighted by molar-refractivity contribution is 7.21. The second-order valence-electron chi connectivity index (χ2n) is 2.51. The zero-order valence-electron chi connectivity index (χ0n) is 6.43. The van der Waals surface area contributed by atoms with Crippen LogP contribution in [-0.4, -0.2) is 10.0 Å². The lowest BCUT2D eigenvalue weighted by Gasteiger charge is -1.87. The zero-order valence-corrected chi connectivity index (χ0v) is 7.25. The Morgan fingerprint density at radius 3 is 2.77 bits per heavy atom. The van der Waals surface area contributed by atoms with Gasteiger partial charge in [0.2, 0.25) is 0 Å². The number of aromatic hydroxyl groups is 1. The van der Waals surface area contributed by atoms with Crippen LogP contribution in [0.5, 0.6) is 5.06 Å². The molecule has 0 unspecified atom stereocenters. The first-order chi connectivity index (χ1) is 6.20. The molecule has 0 aliphatic carbocycles. The fourth-order valence-electron chi connectivity index (χ4n) is 1.20. The van der Waals surface area contributed by atoms with Crippen LogP contribution in [0.15, 0.2) is 24.3 Å². The van der Waals surface area contributed by atoms with E-state index in [2.05, 4.69) is 0 Å². The van der Waals surface area contributed by atoms with Crippen molar-refractivity contribution in [1.82, 2.24) is 0 Å². The standard InChI is InChI=1S/C8H5NO3S/c10-8-7(9(11)12)5-3-1-2-4-6(5)13-8/h1-4,10H. The second-order valence-corrected chi connectivity index (χ2v) is 3.54. The van der Waals surface area contributed by atoms with Gasteiger partial charge >= 0.3 is 5.69 Å². The third kappa shape index (κ3) is 1.13. The van der Waals surface area contributed by atoms with Gasteiger partial charge in [-0.2, -0.15) is 0 Å². The lowest BCUT2D eigenvalue weighted by molar-refractivity contribution is -0.383. The van der Waals surface area contributed by atoms with Gasteiger partial charge in [0.25, 0.3) is 5.06 Å². The SMILES string of the molecule is O=[N+]([O-])c1c(O)sc2ccccc12. The molecule has 1 N–H and O–H groups in total. The van der Waals surface area contributed by atoms with E-state index in [0.717, 1.165) is 16.0 Å². The summed E-state index contributed by atoms with van der Waals surface area (Å²) >= 11 is 1.02. The van der Waals surface area contributed by atoms with Crippen LogP contribution < -0.4 is 0 Å². The van der Waals surface area contributed by atoms with Gasteiger partial charge in [-0.1, -0.05) is 23.5 Å². The van der Waals surface area contributed by atoms with Gasteiger partial charge in [0.05, 0.1) is 10.3 Å². The molecule has 1 heterocycles. The maximum Gasteiger partial charge on any atom is 0.330 e. The van der Waals surface area contributed by atoms with Crippen LogP contribution in [0, 0.1) is 10.1 Å². The first-order valence-electron chi connectivity index (χ1n) is 3.55. The van der Waals surface area contributed by atoms with E-state index in [1.807, 2.05) is 0 Å². The minimum absolute atomic E-state index is 0.194. The molecule has 0 saturated carbocycles. The maximum absolute atomic E-state index is 10.5. The van der Waals surface area contributed by atoms with Gasteiger partial charge < -0.3 is 5.11 Å². The minimum Gasteiger partial charge on any atom is -0.495 e. The molecule has 2 rings (SSSR count). The monoisotopic (exact) mass is 195 g/mol. The lowest BCUT2D eigenvalue weighted by Crippen LogP contribution is -1.85. The number of fused-ring (bicyclic) bond motifs is 1. The molecule has 0 radical (unpaired) electrons. The van der Waals surface area contributed by atoms with E-state index in [1.54, 1.807) is 24.3 Å². The Morgan fingerprint density at radius 2 is 2.08 bits per heavy atom. The van der Waals surface area contributed by atoms with Gasteiger partial charge in [-0.15, -0.1) is 0 Å². The zero-order chi connectivity index (χ0) is 9.42. The Labute approximate surface area is 77.2 Å². The van der Waals surface area contributed by atoms with Gasteiger partial charge in [-0.05, 0) is 12.1 Å². The summed E-state index contributed by atoms with van der Waals surface area (Å²) in [6, 6.07) is 6.86. The molecule has 0 aliphatic heterocycles. The van der Waals surface area contributed by atoms with Crippen LogP contribution in [0.2, 0.25) is 0 Å². The number of rotatable bonds is 1. The molecule has 1 aromatic heterocycles. The van der Waals surface area contributed by atoms with E-state index >= 15 is 0 Å². The summed E-state index contributed by atoms with van der Waals surface area (Å²) in [7, 11) is 0. The number of hydrogen-bond donors (Lipinski definition) is 1. The summed E-state index contributed by atoms with van der Waals surface area (Å²) in [5.41, 5.74) is -0.194. The minimum atomic E-state index is -0.561. The van der Waals surface area contributed by atoms with Crippen molar-refractivity contribution >= 4 is 27.1 Å². The Kier molecular flexibility index (Phi) is 1.66. The van der Waals surface area contributed by atoms with Crippen LogP contribution in [0.3, 0.4) is 0 Å². The summed E-state index contributed by atoms with van der Waals surface area (Å²) in [6.07, 6.45) is 0. The van der Waals surface area contributed by atoms with E-state index < -0.39 is 4.92 Å². The maximum atomic E-state index is 10.5. The molecule has 0 atom stereocenters. The van der Waals surface area contributed by atoms with Crippen LogP contribution in [0.25, 0.3) is 10.1 Å². The average Bonchev–Trinajstić information content (AvgIpc) is 2.39. The smallest absolute Gasteiger partial charge is 0.330 e. The molecule has 0 aliphatic rings. The van der Waals surface area contributed by atoms with E-state index in [0.29, 0.717) is 5.39 Å². The third-order valence-electron chi connectivity index (χ3n) is 1.73. The van der Waals surface area contributed by atoms with Crippen molar-refractivity contribution in [2.24, 2.45) is 0 Å². The molecule has 0 spiro atoms. The fourth-order valence-corrected chi connectivity index (χ4v) is 2.11. The predicted octanol–water partition coefficient (Wildman–Crippen LogP) is 2.52. The number of nitro groups is 1. The van der Waals surface area contributed by atoms with E-state index in [4.69, 9.17) is 0 Å². The van der Waals surface area contributed by atoms with Crippen LogP contribution in [0.1, 0.15) is 0 Å². The summed E-state index contributed by atoms with van der Waals surface area (Å²) in [6.45, 7) is 0. The number of nitrogens with zero attached hydrogens (tertiary/aromatic N) is 1. The summed E-state index contributed by atoms with van der Waals surface area (Å²) in [5.74, 6) is 0. The summed E-state index contributed by atoms with van der Waals surface area (Å²) in [4.78, 5) is 9.99. The highest BCUT2D eigenvalue weighted by Gasteiger charge is 2.20. The van der Waals surface area contributed by atoms with Crippen molar-refractivity contribution in [2.45, 2.75) is 0 Å². The average molecular weight is 195 g/mol. The van der Waals surface area contributed by atoms with Gasteiger partial charge in [0.15, 0.2) is 0 Å². The van der Waals surface area contributed by atoms with Gasteiger partial charge in [-0.3, -0.25) is 10.1 Å². The molecule has 66 valence electrons. The highest BCUT2D eigenvalue weighted by Crippen LogP contribution is 2.42. The third-order valence-corrected chi connectivity index (χ3v) is 2.70. The Balaban J connectivity index is 2.86. The molecule has 13 heavy (non-hydrogen) atoms. The fraction of sp³-hybridized carbons (Fsp3) is 0. The lowest BCUT2D eigenvalue weighted by atomic mass is 10.2. The molecule has 5 heteroatoms. The molecular weight excluding hydrogens is 190 g/mol. The summed E-state index contributed by atoms with van der Waals surface area (Å²) < 4.78 is 0.728. The van der Waals surface area contributed by atoms with Crippen molar-refractivity contribution in [3.05, 3.63) is 34.4 Å². The largest absolute Gasteiger partial charge is 0.495 e. The number of thiophene rings is 1. The molecule has 1 aromatic carbocycles. The van der Waals surface area contributed by atoms with Crippen LogP contribution in [-0.2, 0) is 0 Å². The van der Waals surface area contributed by atoms with Crippen molar-refractivity contribution in [3.8, 4) is 5.06 Å². The van der Waals surface area contributed by atoms with Crippen LogP contribution in [0.4, 0.5) is 5.69 Å². The highest BCUT2D eigenvalue weighted by atomic mass is 32.1. The van der Waals surface area contributed by atoms with Crippen molar-refractivity contribution in [1.29, 1.82) is 0 Å². The van der Waals surface area contributed by atoms with Gasteiger partial charge in [0.1, 0.15) is 0 Å². The van der Waals surface area contributed by atoms with Crippen LogP contribution >= 0.6 is 11.3 Å². The van der Waals surface area contributed by atoms with Crippen molar-refractivity contribution in [2.75, 3.05) is 0 Å².